The third kappa shape index (κ3) is 2.37. The molecule has 112 valence electrons. The summed E-state index contributed by atoms with van der Waals surface area (Å²) in [4.78, 5) is 19.8. The van der Waals surface area contributed by atoms with Crippen LogP contribution < -0.4 is 10.6 Å². The first-order valence-corrected chi connectivity index (χ1v) is 8.21. The van der Waals surface area contributed by atoms with Gasteiger partial charge in [0.2, 0.25) is 0 Å². The first-order chi connectivity index (χ1) is 10.8. The summed E-state index contributed by atoms with van der Waals surface area (Å²) >= 11 is 1.73. The Morgan fingerprint density at radius 3 is 3.05 bits per heavy atom. The molecule has 1 atom stereocenters. The summed E-state index contributed by atoms with van der Waals surface area (Å²) in [6, 6.07) is 3.76. The van der Waals surface area contributed by atoms with Gasteiger partial charge in [-0.2, -0.15) is 0 Å². The Balaban J connectivity index is 1.69. The number of aromatic nitrogens is 4. The van der Waals surface area contributed by atoms with E-state index in [2.05, 4.69) is 24.8 Å². The van der Waals surface area contributed by atoms with E-state index >= 15 is 0 Å². The van der Waals surface area contributed by atoms with Crippen molar-refractivity contribution in [3.8, 4) is 0 Å². The molecule has 4 rings (SSSR count). The van der Waals surface area contributed by atoms with Crippen LogP contribution in [0.25, 0.3) is 11.0 Å². The molecule has 4 heterocycles. The molecule has 1 aliphatic heterocycles. The molecular formula is C15H16N6S. The van der Waals surface area contributed by atoms with Crippen molar-refractivity contribution in [2.75, 3.05) is 23.7 Å². The van der Waals surface area contributed by atoms with Crippen LogP contribution in [-0.4, -0.2) is 33.0 Å². The van der Waals surface area contributed by atoms with Crippen LogP contribution in [0.2, 0.25) is 0 Å². The van der Waals surface area contributed by atoms with E-state index in [0.717, 1.165) is 30.7 Å². The van der Waals surface area contributed by atoms with Crippen LogP contribution >= 0.6 is 11.3 Å². The molecular weight excluding hydrogens is 296 g/mol. The Hall–Kier alpha value is -2.28. The van der Waals surface area contributed by atoms with Crippen molar-refractivity contribution >= 4 is 34.0 Å². The van der Waals surface area contributed by atoms with Gasteiger partial charge in [0.25, 0.3) is 0 Å². The molecule has 6 nitrogen and oxygen atoms in total. The lowest BCUT2D eigenvalue weighted by atomic mass is 9.98. The minimum Gasteiger partial charge on any atom is -0.384 e. The van der Waals surface area contributed by atoms with Crippen LogP contribution in [0.15, 0.2) is 30.0 Å². The Bertz CT molecular complexity index is 788. The molecule has 0 unspecified atom stereocenters. The smallest absolute Gasteiger partial charge is 0.166 e. The molecule has 1 aliphatic rings. The van der Waals surface area contributed by atoms with Gasteiger partial charge in [-0.25, -0.2) is 19.9 Å². The molecule has 0 aromatic carbocycles. The number of nitrogens with two attached hydrogens (primary N) is 1. The number of rotatable bonds is 2. The maximum absolute atomic E-state index is 5.75. The molecule has 0 aliphatic carbocycles. The van der Waals surface area contributed by atoms with Crippen molar-refractivity contribution in [2.45, 2.75) is 18.8 Å². The van der Waals surface area contributed by atoms with Gasteiger partial charge in [-0.15, -0.1) is 11.3 Å². The minimum atomic E-state index is 0.473. The van der Waals surface area contributed by atoms with Gasteiger partial charge in [0.15, 0.2) is 5.65 Å². The Morgan fingerprint density at radius 1 is 1.23 bits per heavy atom. The molecule has 0 radical (unpaired) electrons. The standard InChI is InChI=1S/C15H16N6S/c16-12-4-3-11-13(20-12)18-9-19-14(11)21-6-1-2-10(8-21)15-17-5-7-22-15/h3-5,7,9-10H,1-2,6,8H2,(H2,16,18,19,20)/t10-/m1/s1. The number of pyridine rings is 1. The second-order valence-corrected chi connectivity index (χ2v) is 6.39. The SMILES string of the molecule is Nc1ccc2c(N3CCC[C@@H](c4nccs4)C3)ncnc2n1. The highest BCUT2D eigenvalue weighted by Crippen LogP contribution is 2.32. The number of fused-ring (bicyclic) bond motifs is 1. The fourth-order valence-electron chi connectivity index (χ4n) is 3.00. The number of anilines is 2. The van der Waals surface area contributed by atoms with Crippen LogP contribution in [0.4, 0.5) is 11.6 Å². The van der Waals surface area contributed by atoms with E-state index in [1.165, 1.54) is 11.4 Å². The van der Waals surface area contributed by atoms with Gasteiger partial charge >= 0.3 is 0 Å². The van der Waals surface area contributed by atoms with E-state index in [4.69, 9.17) is 5.73 Å². The quantitative estimate of drug-likeness (QED) is 0.783. The number of hydrogen-bond donors (Lipinski definition) is 1. The summed E-state index contributed by atoms with van der Waals surface area (Å²) < 4.78 is 0. The predicted molar refractivity (Wildman–Crippen MR) is 88.0 cm³/mol. The maximum Gasteiger partial charge on any atom is 0.166 e. The van der Waals surface area contributed by atoms with Crippen molar-refractivity contribution in [1.29, 1.82) is 0 Å². The van der Waals surface area contributed by atoms with Gasteiger partial charge < -0.3 is 10.6 Å². The first kappa shape index (κ1) is 13.4. The lowest BCUT2D eigenvalue weighted by molar-refractivity contribution is 0.506. The van der Waals surface area contributed by atoms with Gasteiger partial charge in [-0.3, -0.25) is 0 Å². The molecule has 7 heteroatoms. The van der Waals surface area contributed by atoms with Crippen molar-refractivity contribution in [3.63, 3.8) is 0 Å². The highest BCUT2D eigenvalue weighted by molar-refractivity contribution is 7.09. The fraction of sp³-hybridized carbons (Fsp3) is 0.333. The predicted octanol–water partition coefficient (Wildman–Crippen LogP) is 2.45. The van der Waals surface area contributed by atoms with Crippen molar-refractivity contribution < 1.29 is 0 Å². The van der Waals surface area contributed by atoms with E-state index < -0.39 is 0 Å². The highest BCUT2D eigenvalue weighted by atomic mass is 32.1. The number of piperidine rings is 1. The van der Waals surface area contributed by atoms with Crippen LogP contribution in [0, 0.1) is 0 Å². The van der Waals surface area contributed by atoms with E-state index in [1.54, 1.807) is 23.7 Å². The van der Waals surface area contributed by atoms with Crippen molar-refractivity contribution in [3.05, 3.63) is 35.0 Å². The Kier molecular flexibility index (Phi) is 3.34. The van der Waals surface area contributed by atoms with Gasteiger partial charge in [-0.1, -0.05) is 0 Å². The molecule has 3 aromatic rings. The second-order valence-electron chi connectivity index (χ2n) is 5.46. The molecule has 0 spiro atoms. The van der Waals surface area contributed by atoms with Gasteiger partial charge in [0.1, 0.15) is 18.0 Å². The fourth-order valence-corrected chi connectivity index (χ4v) is 3.77. The lowest BCUT2D eigenvalue weighted by Gasteiger charge is -2.33. The summed E-state index contributed by atoms with van der Waals surface area (Å²) in [5.74, 6) is 1.90. The van der Waals surface area contributed by atoms with Crippen molar-refractivity contribution in [1.82, 2.24) is 19.9 Å². The zero-order valence-electron chi connectivity index (χ0n) is 12.0. The highest BCUT2D eigenvalue weighted by Gasteiger charge is 2.25. The number of thiazole rings is 1. The Labute approximate surface area is 132 Å². The van der Waals surface area contributed by atoms with Crippen LogP contribution in [0.3, 0.4) is 0 Å². The first-order valence-electron chi connectivity index (χ1n) is 7.33. The molecule has 1 saturated heterocycles. The summed E-state index contributed by atoms with van der Waals surface area (Å²) in [6.07, 6.45) is 5.76. The summed E-state index contributed by atoms with van der Waals surface area (Å²) in [5, 5.41) is 4.21. The normalized spacial score (nSPS) is 18.7. The third-order valence-electron chi connectivity index (χ3n) is 4.02. The zero-order chi connectivity index (χ0) is 14.9. The molecule has 2 N–H and O–H groups in total. The summed E-state index contributed by atoms with van der Waals surface area (Å²) in [6.45, 7) is 1.93. The monoisotopic (exact) mass is 312 g/mol. The molecule has 1 fully saturated rings. The number of nitrogen functional groups attached to an aromatic ring is 1. The van der Waals surface area contributed by atoms with Crippen LogP contribution in [0.1, 0.15) is 23.8 Å². The lowest BCUT2D eigenvalue weighted by Crippen LogP contribution is -2.35. The molecule has 3 aromatic heterocycles. The number of nitrogens with zero attached hydrogens (tertiary/aromatic N) is 5. The zero-order valence-corrected chi connectivity index (χ0v) is 12.8. The van der Waals surface area contributed by atoms with Gasteiger partial charge in [-0.05, 0) is 25.0 Å². The molecule has 0 amide bonds. The van der Waals surface area contributed by atoms with Gasteiger partial charge in [0.05, 0.1) is 10.4 Å². The van der Waals surface area contributed by atoms with Crippen molar-refractivity contribution in [2.24, 2.45) is 0 Å². The number of hydrogen-bond acceptors (Lipinski definition) is 7. The molecule has 22 heavy (non-hydrogen) atoms. The average Bonchev–Trinajstić information content (AvgIpc) is 3.08. The third-order valence-corrected chi connectivity index (χ3v) is 4.96. The molecule has 0 saturated carbocycles. The largest absolute Gasteiger partial charge is 0.384 e. The Morgan fingerprint density at radius 2 is 2.18 bits per heavy atom. The minimum absolute atomic E-state index is 0.473. The summed E-state index contributed by atoms with van der Waals surface area (Å²) in [7, 11) is 0. The molecule has 0 bridgehead atoms. The van der Waals surface area contributed by atoms with Gasteiger partial charge in [0, 0.05) is 30.6 Å². The average molecular weight is 312 g/mol. The van der Waals surface area contributed by atoms with Crippen LogP contribution in [0.5, 0.6) is 0 Å². The van der Waals surface area contributed by atoms with Crippen LogP contribution in [-0.2, 0) is 0 Å². The second kappa shape index (κ2) is 5.49. The van der Waals surface area contributed by atoms with E-state index in [-0.39, 0.29) is 0 Å². The van der Waals surface area contributed by atoms with E-state index in [1.807, 2.05) is 17.6 Å². The summed E-state index contributed by atoms with van der Waals surface area (Å²) in [5.41, 5.74) is 6.40. The topological polar surface area (TPSA) is 80.8 Å². The van der Waals surface area contributed by atoms with E-state index in [9.17, 15) is 0 Å². The maximum atomic E-state index is 5.75. The van der Waals surface area contributed by atoms with E-state index in [0.29, 0.717) is 17.4 Å².